The summed E-state index contributed by atoms with van der Waals surface area (Å²) in [6, 6.07) is 19.3. The molecule has 3 aromatic carbocycles. The maximum atomic E-state index is 14.1. The highest BCUT2D eigenvalue weighted by Gasteiger charge is 2.43. The minimum Gasteiger partial charge on any atom is -0.493 e. The number of rotatable bonds is 12. The summed E-state index contributed by atoms with van der Waals surface area (Å²) in [5.41, 5.74) is 2.25. The lowest BCUT2D eigenvalue weighted by molar-refractivity contribution is -0.160. The van der Waals surface area contributed by atoms with Gasteiger partial charge in [-0.15, -0.1) is 0 Å². The van der Waals surface area contributed by atoms with Crippen LogP contribution in [-0.4, -0.2) is 119 Å². The summed E-state index contributed by atoms with van der Waals surface area (Å²) < 4.78 is 27.3. The normalized spacial score (nSPS) is 22.9. The van der Waals surface area contributed by atoms with Gasteiger partial charge in [-0.05, 0) is 74.5 Å². The van der Waals surface area contributed by atoms with E-state index in [1.807, 2.05) is 41.3 Å². The molecule has 6 rings (SSSR count). The van der Waals surface area contributed by atoms with Crippen LogP contribution in [0.5, 0.6) is 17.2 Å². The third-order valence-electron chi connectivity index (χ3n) is 11.1. The van der Waals surface area contributed by atoms with Crippen LogP contribution in [0.1, 0.15) is 60.1 Å². The van der Waals surface area contributed by atoms with Crippen molar-refractivity contribution in [3.05, 3.63) is 87.4 Å². The van der Waals surface area contributed by atoms with E-state index in [9.17, 15) is 14.4 Å². The molecule has 14 heteroatoms. The first kappa shape index (κ1) is 40.4. The monoisotopic (exact) mass is 796 g/mol. The Kier molecular flexibility index (Phi) is 13.3. The van der Waals surface area contributed by atoms with Crippen LogP contribution in [0.4, 0.5) is 4.79 Å². The van der Waals surface area contributed by atoms with Crippen LogP contribution >= 0.6 is 23.2 Å². The zero-order valence-electron chi connectivity index (χ0n) is 31.9. The predicted molar refractivity (Wildman–Crippen MR) is 210 cm³/mol. The number of nitrogens with one attached hydrogen (secondary N) is 1. The quantitative estimate of drug-likeness (QED) is 0.209. The SMILES string of the molecule is CCOC(=O)[C@H]1CN(C(=O)NC2CCN(CCC3(c4ccc(Cl)c(Cl)c4)CCN(C(=O)c4cc(OC)c(OC)c(OC)c4)C3)C(c3ccccc3)C2)CCO1. The Morgan fingerprint density at radius 3 is 2.33 bits per heavy atom. The Balaban J connectivity index is 1.20. The third kappa shape index (κ3) is 9.09. The molecule has 3 aliphatic rings. The highest BCUT2D eigenvalue weighted by Crippen LogP contribution is 2.43. The molecule has 3 heterocycles. The van der Waals surface area contributed by atoms with Gasteiger partial charge in [-0.1, -0.05) is 59.6 Å². The van der Waals surface area contributed by atoms with Gasteiger partial charge in [0.2, 0.25) is 5.75 Å². The summed E-state index contributed by atoms with van der Waals surface area (Å²) in [6.45, 7) is 5.36. The number of benzene rings is 3. The summed E-state index contributed by atoms with van der Waals surface area (Å²) in [4.78, 5) is 46.0. The van der Waals surface area contributed by atoms with Crippen LogP contribution in [0.15, 0.2) is 60.7 Å². The number of piperidine rings is 1. The highest BCUT2D eigenvalue weighted by atomic mass is 35.5. The molecular formula is C41H50Cl2N4O8. The Bertz CT molecular complexity index is 1810. The number of nitrogens with zero attached hydrogens (tertiary/aromatic N) is 3. The van der Waals surface area contributed by atoms with E-state index in [-0.39, 0.29) is 43.8 Å². The number of carbonyl (C=O) groups is 3. The van der Waals surface area contributed by atoms with Crippen LogP contribution in [0.25, 0.3) is 0 Å². The van der Waals surface area contributed by atoms with E-state index in [4.69, 9.17) is 46.9 Å². The lowest BCUT2D eigenvalue weighted by Gasteiger charge is -2.42. The average Bonchev–Trinajstić information content (AvgIpc) is 3.66. The Morgan fingerprint density at radius 2 is 1.65 bits per heavy atom. The molecule has 4 atom stereocenters. The highest BCUT2D eigenvalue weighted by molar-refractivity contribution is 6.42. The molecule has 3 aliphatic heterocycles. The molecule has 3 aromatic rings. The number of methoxy groups -OCH3 is 3. The molecule has 296 valence electrons. The summed E-state index contributed by atoms with van der Waals surface area (Å²) in [5, 5.41) is 4.21. The molecule has 0 saturated carbocycles. The van der Waals surface area contributed by atoms with E-state index in [1.165, 1.54) is 26.9 Å². The number of hydrogen-bond acceptors (Lipinski definition) is 9. The van der Waals surface area contributed by atoms with Gasteiger partial charge in [0.15, 0.2) is 17.6 Å². The fraction of sp³-hybridized carbons (Fsp3) is 0.488. The van der Waals surface area contributed by atoms with Crippen molar-refractivity contribution >= 4 is 41.1 Å². The van der Waals surface area contributed by atoms with Crippen LogP contribution < -0.4 is 19.5 Å². The van der Waals surface area contributed by atoms with E-state index < -0.39 is 17.5 Å². The van der Waals surface area contributed by atoms with Gasteiger partial charge >= 0.3 is 12.0 Å². The van der Waals surface area contributed by atoms with Crippen molar-refractivity contribution in [3.63, 3.8) is 0 Å². The van der Waals surface area contributed by atoms with Gasteiger partial charge < -0.3 is 38.8 Å². The number of ether oxygens (including phenoxy) is 5. The smallest absolute Gasteiger partial charge is 0.337 e. The molecule has 0 aliphatic carbocycles. The fourth-order valence-corrected chi connectivity index (χ4v) is 8.41. The van der Waals surface area contributed by atoms with Crippen molar-refractivity contribution in [2.45, 2.75) is 56.2 Å². The maximum absolute atomic E-state index is 14.1. The summed E-state index contributed by atoms with van der Waals surface area (Å²) >= 11 is 13.0. The van der Waals surface area contributed by atoms with Crippen molar-refractivity contribution in [3.8, 4) is 17.2 Å². The third-order valence-corrected chi connectivity index (χ3v) is 11.8. The van der Waals surface area contributed by atoms with Crippen LogP contribution in [0, 0.1) is 0 Å². The number of esters is 1. The van der Waals surface area contributed by atoms with Crippen molar-refractivity contribution in [2.24, 2.45) is 0 Å². The van der Waals surface area contributed by atoms with Crippen molar-refractivity contribution in [1.29, 1.82) is 0 Å². The van der Waals surface area contributed by atoms with Crippen molar-refractivity contribution in [2.75, 3.05) is 73.8 Å². The van der Waals surface area contributed by atoms with Gasteiger partial charge in [0.25, 0.3) is 5.91 Å². The molecule has 12 nitrogen and oxygen atoms in total. The first-order chi connectivity index (χ1) is 26.6. The summed E-state index contributed by atoms with van der Waals surface area (Å²) in [7, 11) is 4.59. The number of morpholine rings is 1. The zero-order chi connectivity index (χ0) is 39.1. The molecule has 0 radical (unpaired) electrons. The van der Waals surface area contributed by atoms with Crippen LogP contribution in [-0.2, 0) is 19.7 Å². The number of amides is 3. The Morgan fingerprint density at radius 1 is 0.909 bits per heavy atom. The maximum Gasteiger partial charge on any atom is 0.337 e. The Hall–Kier alpha value is -4.23. The van der Waals surface area contributed by atoms with Gasteiger partial charge in [0.1, 0.15) is 0 Å². The second-order valence-corrected chi connectivity index (χ2v) is 15.1. The molecule has 3 amide bonds. The van der Waals surface area contributed by atoms with Crippen molar-refractivity contribution < 1.29 is 38.1 Å². The van der Waals surface area contributed by atoms with E-state index in [0.29, 0.717) is 58.9 Å². The molecule has 3 fully saturated rings. The van der Waals surface area contributed by atoms with Gasteiger partial charge in [-0.3, -0.25) is 9.69 Å². The molecule has 0 bridgehead atoms. The molecule has 0 aromatic heterocycles. The van der Waals surface area contributed by atoms with Crippen LogP contribution in [0.2, 0.25) is 10.0 Å². The zero-order valence-corrected chi connectivity index (χ0v) is 33.4. The van der Waals surface area contributed by atoms with E-state index in [1.54, 1.807) is 24.0 Å². The average molecular weight is 798 g/mol. The Labute approximate surface area is 332 Å². The molecule has 3 unspecified atom stereocenters. The number of urea groups is 1. The van der Waals surface area contributed by atoms with Crippen molar-refractivity contribution in [1.82, 2.24) is 20.0 Å². The first-order valence-corrected chi connectivity index (χ1v) is 19.5. The van der Waals surface area contributed by atoms with Gasteiger partial charge in [0.05, 0.1) is 51.1 Å². The second kappa shape index (κ2) is 18.1. The minimum absolute atomic E-state index is 0.0430. The van der Waals surface area contributed by atoms with Gasteiger partial charge in [-0.25, -0.2) is 9.59 Å². The molecule has 3 saturated heterocycles. The fourth-order valence-electron chi connectivity index (χ4n) is 8.11. The predicted octanol–water partition coefficient (Wildman–Crippen LogP) is 6.37. The topological polar surface area (TPSA) is 119 Å². The van der Waals surface area contributed by atoms with E-state index in [0.717, 1.165) is 37.9 Å². The standard InChI is InChI=1S/C41H50Cl2N4O8/c1-5-54-39(49)36-25-46(19-20-55-36)40(50)44-30-13-16-45(33(24-30)27-9-7-6-8-10-27)17-14-41(29-11-12-31(42)32(43)23-29)15-18-47(26-41)38(48)28-21-34(51-2)37(53-4)35(22-28)52-3/h6-12,21-23,30,33,36H,5,13-20,24-26H2,1-4H3,(H,44,50)/t30?,33?,36-,41?/m1/s1. The van der Waals surface area contributed by atoms with Crippen LogP contribution in [0.3, 0.4) is 0 Å². The largest absolute Gasteiger partial charge is 0.493 e. The number of halogens is 2. The summed E-state index contributed by atoms with van der Waals surface area (Å²) in [6.07, 6.45) is 2.17. The molecule has 0 spiro atoms. The first-order valence-electron chi connectivity index (χ1n) is 18.8. The summed E-state index contributed by atoms with van der Waals surface area (Å²) in [5.74, 6) is 0.670. The lowest BCUT2D eigenvalue weighted by Crippen LogP contribution is -2.55. The van der Waals surface area contributed by atoms with E-state index in [2.05, 4.69) is 22.3 Å². The molecule has 55 heavy (non-hydrogen) atoms. The number of likely N-dealkylation sites (tertiary alicyclic amines) is 2. The minimum atomic E-state index is -0.787. The van der Waals surface area contributed by atoms with E-state index >= 15 is 0 Å². The van der Waals surface area contributed by atoms with Gasteiger partial charge in [0, 0.05) is 49.2 Å². The second-order valence-electron chi connectivity index (χ2n) is 14.2. The van der Waals surface area contributed by atoms with Gasteiger partial charge in [-0.2, -0.15) is 0 Å². The number of hydrogen-bond donors (Lipinski definition) is 1. The number of carbonyl (C=O) groups excluding carboxylic acids is 3. The molecular weight excluding hydrogens is 747 g/mol. The molecule has 1 N–H and O–H groups in total. The lowest BCUT2D eigenvalue weighted by atomic mass is 9.76.